The molecule has 2 amide bonds. The molecule has 1 aliphatic carbocycles. The van der Waals surface area contributed by atoms with Crippen LogP contribution in [0.5, 0.6) is 0 Å². The van der Waals surface area contributed by atoms with Crippen LogP contribution in [0.15, 0.2) is 24.3 Å². The Kier molecular flexibility index (Phi) is 4.12. The fourth-order valence-electron chi connectivity index (χ4n) is 2.58. The van der Waals surface area contributed by atoms with Crippen molar-refractivity contribution in [3.63, 3.8) is 0 Å². The van der Waals surface area contributed by atoms with Crippen LogP contribution in [0.3, 0.4) is 0 Å². The minimum atomic E-state index is -0.223. The SMILES string of the molecule is O=C(Nc1cccc(Cl)c1)C1CC1C(=O)N1CCOCC1. The standard InChI is InChI=1S/C15H17ClN2O3/c16-10-2-1-3-11(8-10)17-14(19)12-9-13(12)15(20)18-4-6-21-7-5-18/h1-3,8,12-13H,4-7,9H2,(H,17,19). The predicted molar refractivity (Wildman–Crippen MR) is 79.1 cm³/mol. The van der Waals surface area contributed by atoms with Crippen molar-refractivity contribution in [2.45, 2.75) is 6.42 Å². The summed E-state index contributed by atoms with van der Waals surface area (Å²) in [6.07, 6.45) is 0.628. The third-order valence-corrected chi connectivity index (χ3v) is 4.09. The van der Waals surface area contributed by atoms with Crippen LogP contribution >= 0.6 is 11.6 Å². The first kappa shape index (κ1) is 14.4. The number of hydrogen-bond donors (Lipinski definition) is 1. The number of morpholine rings is 1. The van der Waals surface area contributed by atoms with Gasteiger partial charge in [-0.1, -0.05) is 17.7 Å². The van der Waals surface area contributed by atoms with Gasteiger partial charge in [0.1, 0.15) is 0 Å². The van der Waals surface area contributed by atoms with Gasteiger partial charge in [0.2, 0.25) is 11.8 Å². The summed E-state index contributed by atoms with van der Waals surface area (Å²) in [7, 11) is 0. The number of hydrogen-bond acceptors (Lipinski definition) is 3. The highest BCUT2D eigenvalue weighted by Crippen LogP contribution is 2.41. The number of carbonyl (C=O) groups is 2. The molecule has 1 N–H and O–H groups in total. The van der Waals surface area contributed by atoms with E-state index >= 15 is 0 Å². The van der Waals surface area contributed by atoms with E-state index in [1.165, 1.54) is 0 Å². The predicted octanol–water partition coefficient (Wildman–Crippen LogP) is 1.77. The lowest BCUT2D eigenvalue weighted by molar-refractivity contribution is -0.137. The molecule has 1 saturated heterocycles. The molecule has 1 aromatic rings. The Balaban J connectivity index is 1.54. The molecule has 0 radical (unpaired) electrons. The second-order valence-electron chi connectivity index (χ2n) is 5.39. The van der Waals surface area contributed by atoms with E-state index in [4.69, 9.17) is 16.3 Å². The molecule has 1 aliphatic heterocycles. The van der Waals surface area contributed by atoms with Crippen LogP contribution < -0.4 is 5.32 Å². The summed E-state index contributed by atoms with van der Waals surface area (Å²) in [4.78, 5) is 26.2. The lowest BCUT2D eigenvalue weighted by Gasteiger charge is -2.27. The third-order valence-electron chi connectivity index (χ3n) is 3.86. The van der Waals surface area contributed by atoms with Crippen LogP contribution in [0.25, 0.3) is 0 Å². The summed E-state index contributed by atoms with van der Waals surface area (Å²) in [6, 6.07) is 7.01. The van der Waals surface area contributed by atoms with Crippen molar-refractivity contribution in [2.24, 2.45) is 11.8 Å². The number of halogens is 1. The monoisotopic (exact) mass is 308 g/mol. The second-order valence-corrected chi connectivity index (χ2v) is 5.82. The van der Waals surface area contributed by atoms with Crippen LogP contribution in [-0.2, 0) is 14.3 Å². The molecular formula is C15H17ClN2O3. The number of anilines is 1. The number of benzene rings is 1. The minimum Gasteiger partial charge on any atom is -0.378 e. The molecular weight excluding hydrogens is 292 g/mol. The lowest BCUT2D eigenvalue weighted by atomic mass is 10.2. The summed E-state index contributed by atoms with van der Waals surface area (Å²) in [6.45, 7) is 2.41. The van der Waals surface area contributed by atoms with Crippen molar-refractivity contribution in [2.75, 3.05) is 31.6 Å². The van der Waals surface area contributed by atoms with Crippen molar-refractivity contribution >= 4 is 29.1 Å². The van der Waals surface area contributed by atoms with Gasteiger partial charge in [-0.3, -0.25) is 9.59 Å². The van der Waals surface area contributed by atoms with Crippen molar-refractivity contribution < 1.29 is 14.3 Å². The minimum absolute atomic E-state index is 0.0737. The Morgan fingerprint density at radius 3 is 2.71 bits per heavy atom. The average molecular weight is 309 g/mol. The Hall–Kier alpha value is -1.59. The van der Waals surface area contributed by atoms with Gasteiger partial charge in [-0.15, -0.1) is 0 Å². The second kappa shape index (κ2) is 6.03. The van der Waals surface area contributed by atoms with Gasteiger partial charge in [0.05, 0.1) is 25.0 Å². The number of nitrogens with zero attached hydrogens (tertiary/aromatic N) is 1. The highest BCUT2D eigenvalue weighted by molar-refractivity contribution is 6.30. The molecule has 1 saturated carbocycles. The fraction of sp³-hybridized carbons (Fsp3) is 0.467. The van der Waals surface area contributed by atoms with Gasteiger partial charge in [0.15, 0.2) is 0 Å². The van der Waals surface area contributed by atoms with Gasteiger partial charge < -0.3 is 15.0 Å². The van der Waals surface area contributed by atoms with Gasteiger partial charge >= 0.3 is 0 Å². The van der Waals surface area contributed by atoms with Crippen molar-refractivity contribution in [3.8, 4) is 0 Å². The van der Waals surface area contributed by atoms with Crippen LogP contribution in [0.4, 0.5) is 5.69 Å². The smallest absolute Gasteiger partial charge is 0.228 e. The van der Waals surface area contributed by atoms with Crippen LogP contribution in [-0.4, -0.2) is 43.0 Å². The molecule has 2 unspecified atom stereocenters. The quantitative estimate of drug-likeness (QED) is 0.926. The molecule has 0 bridgehead atoms. The van der Waals surface area contributed by atoms with Gasteiger partial charge in [0.25, 0.3) is 0 Å². The van der Waals surface area contributed by atoms with Gasteiger partial charge in [-0.2, -0.15) is 0 Å². The van der Waals surface area contributed by atoms with Crippen LogP contribution in [0.1, 0.15) is 6.42 Å². The van der Waals surface area contributed by atoms with E-state index in [9.17, 15) is 9.59 Å². The zero-order valence-corrected chi connectivity index (χ0v) is 12.3. The third kappa shape index (κ3) is 3.36. The maximum atomic E-state index is 12.3. The molecule has 1 aromatic carbocycles. The maximum absolute atomic E-state index is 12.3. The highest BCUT2D eigenvalue weighted by atomic mass is 35.5. The fourth-order valence-corrected chi connectivity index (χ4v) is 2.77. The lowest BCUT2D eigenvalue weighted by Crippen LogP contribution is -2.42. The Morgan fingerprint density at radius 2 is 2.00 bits per heavy atom. The van der Waals surface area contributed by atoms with E-state index in [0.717, 1.165) is 0 Å². The first-order valence-corrected chi connectivity index (χ1v) is 7.46. The normalized spacial score (nSPS) is 24.5. The van der Waals surface area contributed by atoms with Crippen LogP contribution in [0.2, 0.25) is 5.02 Å². The number of ether oxygens (including phenoxy) is 1. The Bertz CT molecular complexity index is 558. The van der Waals surface area contributed by atoms with Crippen molar-refractivity contribution in [1.29, 1.82) is 0 Å². The molecule has 0 spiro atoms. The van der Waals surface area contributed by atoms with Crippen molar-refractivity contribution in [3.05, 3.63) is 29.3 Å². The first-order chi connectivity index (χ1) is 10.1. The zero-order valence-electron chi connectivity index (χ0n) is 11.5. The molecule has 1 heterocycles. The summed E-state index contributed by atoms with van der Waals surface area (Å²) >= 11 is 5.88. The summed E-state index contributed by atoms with van der Waals surface area (Å²) in [5.74, 6) is -0.435. The van der Waals surface area contributed by atoms with E-state index in [1.807, 2.05) is 0 Å². The average Bonchev–Trinajstić information content (AvgIpc) is 3.28. The summed E-state index contributed by atoms with van der Waals surface area (Å²) in [5.41, 5.74) is 0.664. The van der Waals surface area contributed by atoms with Gasteiger partial charge in [-0.25, -0.2) is 0 Å². The summed E-state index contributed by atoms with van der Waals surface area (Å²) in [5, 5.41) is 3.39. The molecule has 2 fully saturated rings. The molecule has 2 atom stereocenters. The molecule has 112 valence electrons. The number of carbonyl (C=O) groups excluding carboxylic acids is 2. The first-order valence-electron chi connectivity index (χ1n) is 7.08. The van der Waals surface area contributed by atoms with E-state index in [0.29, 0.717) is 43.4 Å². The van der Waals surface area contributed by atoms with Gasteiger partial charge in [-0.05, 0) is 24.6 Å². The molecule has 5 nitrogen and oxygen atoms in total. The highest BCUT2D eigenvalue weighted by Gasteiger charge is 2.49. The van der Waals surface area contributed by atoms with Crippen LogP contribution in [0, 0.1) is 11.8 Å². The van der Waals surface area contributed by atoms with E-state index < -0.39 is 0 Å². The number of nitrogens with one attached hydrogen (secondary N) is 1. The molecule has 2 aliphatic rings. The largest absolute Gasteiger partial charge is 0.378 e. The number of amides is 2. The molecule has 0 aromatic heterocycles. The zero-order chi connectivity index (χ0) is 14.8. The topological polar surface area (TPSA) is 58.6 Å². The Labute approximate surface area is 128 Å². The van der Waals surface area contributed by atoms with Crippen molar-refractivity contribution in [1.82, 2.24) is 4.90 Å². The molecule has 3 rings (SSSR count). The molecule has 21 heavy (non-hydrogen) atoms. The van der Waals surface area contributed by atoms with E-state index in [1.54, 1.807) is 29.2 Å². The van der Waals surface area contributed by atoms with E-state index in [2.05, 4.69) is 5.32 Å². The van der Waals surface area contributed by atoms with E-state index in [-0.39, 0.29) is 23.7 Å². The number of rotatable bonds is 3. The summed E-state index contributed by atoms with van der Waals surface area (Å²) < 4.78 is 5.23. The van der Waals surface area contributed by atoms with Gasteiger partial charge in [0, 0.05) is 23.8 Å². The maximum Gasteiger partial charge on any atom is 0.228 e. The Morgan fingerprint density at radius 1 is 1.24 bits per heavy atom. The molecule has 6 heteroatoms.